The summed E-state index contributed by atoms with van der Waals surface area (Å²) in [6.45, 7) is 0.139. The molecular weight excluding hydrogens is 388 g/mol. The SMILES string of the molecule is CS(=O)(=O)Nc1ccccc1CNC(=O)c1ccc(-c2ccccc2Cl)o1. The van der Waals surface area contributed by atoms with Crippen molar-refractivity contribution >= 4 is 33.2 Å². The summed E-state index contributed by atoms with van der Waals surface area (Å²) in [5.74, 6) is 0.214. The van der Waals surface area contributed by atoms with E-state index in [9.17, 15) is 13.2 Å². The van der Waals surface area contributed by atoms with E-state index in [1.54, 1.807) is 48.5 Å². The number of amides is 1. The zero-order chi connectivity index (χ0) is 19.4. The van der Waals surface area contributed by atoms with Gasteiger partial charge in [-0.15, -0.1) is 0 Å². The normalized spacial score (nSPS) is 11.2. The highest BCUT2D eigenvalue weighted by molar-refractivity contribution is 7.92. The van der Waals surface area contributed by atoms with Crippen molar-refractivity contribution < 1.29 is 17.6 Å². The number of halogens is 1. The number of para-hydroxylation sites is 1. The summed E-state index contributed by atoms with van der Waals surface area (Å²) >= 11 is 6.14. The van der Waals surface area contributed by atoms with Gasteiger partial charge >= 0.3 is 0 Å². The molecule has 0 fully saturated rings. The van der Waals surface area contributed by atoms with Crippen molar-refractivity contribution in [2.45, 2.75) is 6.54 Å². The van der Waals surface area contributed by atoms with Crippen LogP contribution < -0.4 is 10.0 Å². The summed E-state index contributed by atoms with van der Waals surface area (Å²) in [4.78, 5) is 12.4. The van der Waals surface area contributed by atoms with Crippen molar-refractivity contribution in [1.82, 2.24) is 5.32 Å². The second-order valence-corrected chi connectivity index (χ2v) is 8.01. The Morgan fingerprint density at radius 3 is 2.48 bits per heavy atom. The van der Waals surface area contributed by atoms with E-state index < -0.39 is 15.9 Å². The first-order valence-electron chi connectivity index (χ1n) is 8.02. The van der Waals surface area contributed by atoms with E-state index in [4.69, 9.17) is 16.0 Å². The fourth-order valence-corrected chi connectivity index (χ4v) is 3.33. The first-order chi connectivity index (χ1) is 12.8. The number of carbonyl (C=O) groups excluding carboxylic acids is 1. The molecule has 27 heavy (non-hydrogen) atoms. The van der Waals surface area contributed by atoms with Crippen LogP contribution in [0.2, 0.25) is 5.02 Å². The Morgan fingerprint density at radius 1 is 1.04 bits per heavy atom. The molecule has 3 aromatic rings. The summed E-state index contributed by atoms with van der Waals surface area (Å²) in [6.07, 6.45) is 1.07. The number of nitrogens with one attached hydrogen (secondary N) is 2. The number of rotatable bonds is 6. The Hall–Kier alpha value is -2.77. The highest BCUT2D eigenvalue weighted by Gasteiger charge is 2.14. The molecule has 0 saturated heterocycles. The molecule has 6 nitrogen and oxygen atoms in total. The summed E-state index contributed by atoms with van der Waals surface area (Å²) < 4.78 is 30.9. The molecule has 0 unspecified atom stereocenters. The molecule has 0 atom stereocenters. The molecule has 3 rings (SSSR count). The van der Waals surface area contributed by atoms with E-state index in [1.165, 1.54) is 0 Å². The summed E-state index contributed by atoms with van der Waals surface area (Å²) in [5.41, 5.74) is 1.74. The fourth-order valence-electron chi connectivity index (χ4n) is 2.50. The van der Waals surface area contributed by atoms with Gasteiger partial charge in [-0.1, -0.05) is 41.9 Å². The Bertz CT molecular complexity index is 1080. The van der Waals surface area contributed by atoms with Gasteiger partial charge in [0.15, 0.2) is 5.76 Å². The van der Waals surface area contributed by atoms with Crippen LogP contribution in [-0.2, 0) is 16.6 Å². The van der Waals surface area contributed by atoms with Gasteiger partial charge in [0.25, 0.3) is 5.91 Å². The van der Waals surface area contributed by atoms with E-state index in [-0.39, 0.29) is 12.3 Å². The molecule has 1 amide bonds. The van der Waals surface area contributed by atoms with Gasteiger partial charge in [-0.3, -0.25) is 9.52 Å². The van der Waals surface area contributed by atoms with Crippen molar-refractivity contribution in [2.24, 2.45) is 0 Å². The van der Waals surface area contributed by atoms with Gasteiger partial charge in [-0.05, 0) is 35.9 Å². The van der Waals surface area contributed by atoms with Crippen molar-refractivity contribution in [2.75, 3.05) is 11.0 Å². The molecule has 0 aliphatic rings. The Kier molecular flexibility index (Phi) is 5.53. The van der Waals surface area contributed by atoms with Crippen LogP contribution in [0, 0.1) is 0 Å². The van der Waals surface area contributed by atoms with Crippen LogP contribution in [0.15, 0.2) is 65.1 Å². The van der Waals surface area contributed by atoms with Crippen molar-refractivity contribution in [3.63, 3.8) is 0 Å². The zero-order valence-corrected chi connectivity index (χ0v) is 16.0. The van der Waals surface area contributed by atoms with E-state index in [0.717, 1.165) is 6.26 Å². The maximum Gasteiger partial charge on any atom is 0.287 e. The number of furan rings is 1. The second-order valence-electron chi connectivity index (χ2n) is 5.86. The average Bonchev–Trinajstić information content (AvgIpc) is 3.10. The molecule has 0 aliphatic carbocycles. The molecule has 0 radical (unpaired) electrons. The van der Waals surface area contributed by atoms with Crippen molar-refractivity contribution in [3.8, 4) is 11.3 Å². The third-order valence-electron chi connectivity index (χ3n) is 3.72. The highest BCUT2D eigenvalue weighted by Crippen LogP contribution is 2.29. The molecule has 0 aliphatic heterocycles. The lowest BCUT2D eigenvalue weighted by Crippen LogP contribution is -2.23. The molecule has 0 bridgehead atoms. The van der Waals surface area contributed by atoms with Gasteiger partial charge in [-0.25, -0.2) is 8.42 Å². The summed E-state index contributed by atoms with van der Waals surface area (Å²) in [5, 5.41) is 3.25. The molecule has 140 valence electrons. The molecular formula is C19H17ClN2O4S. The fraction of sp³-hybridized carbons (Fsp3) is 0.105. The van der Waals surface area contributed by atoms with Gasteiger partial charge in [0.2, 0.25) is 10.0 Å². The molecule has 0 saturated carbocycles. The maximum atomic E-state index is 12.4. The summed E-state index contributed by atoms with van der Waals surface area (Å²) in [7, 11) is -3.42. The zero-order valence-electron chi connectivity index (χ0n) is 14.4. The highest BCUT2D eigenvalue weighted by atomic mass is 35.5. The maximum absolute atomic E-state index is 12.4. The molecule has 2 N–H and O–H groups in total. The van der Waals surface area contributed by atoms with Gasteiger partial charge in [0, 0.05) is 12.1 Å². The third-order valence-corrected chi connectivity index (χ3v) is 4.64. The topological polar surface area (TPSA) is 88.4 Å². The van der Waals surface area contributed by atoms with Gasteiger partial charge in [0.05, 0.1) is 17.0 Å². The van der Waals surface area contributed by atoms with Crippen molar-refractivity contribution in [1.29, 1.82) is 0 Å². The van der Waals surface area contributed by atoms with Crippen LogP contribution in [0.25, 0.3) is 11.3 Å². The Labute approximate surface area is 162 Å². The number of hydrogen-bond donors (Lipinski definition) is 2. The Morgan fingerprint density at radius 2 is 1.74 bits per heavy atom. The number of hydrogen-bond acceptors (Lipinski definition) is 4. The first-order valence-corrected chi connectivity index (χ1v) is 10.3. The monoisotopic (exact) mass is 404 g/mol. The minimum absolute atomic E-state index is 0.137. The van der Waals surface area contributed by atoms with Crippen LogP contribution in [0.1, 0.15) is 16.1 Å². The predicted octanol–water partition coefficient (Wildman–Crippen LogP) is 3.90. The average molecular weight is 405 g/mol. The van der Waals surface area contributed by atoms with E-state index in [1.807, 2.05) is 12.1 Å². The second kappa shape index (κ2) is 7.85. The van der Waals surface area contributed by atoms with Crippen LogP contribution in [0.4, 0.5) is 5.69 Å². The number of carbonyl (C=O) groups is 1. The van der Waals surface area contributed by atoms with Gasteiger partial charge < -0.3 is 9.73 Å². The number of sulfonamides is 1. The first kappa shape index (κ1) is 19.0. The predicted molar refractivity (Wildman–Crippen MR) is 105 cm³/mol. The van der Waals surface area contributed by atoms with Crippen LogP contribution >= 0.6 is 11.6 Å². The van der Waals surface area contributed by atoms with Gasteiger partial charge in [0.1, 0.15) is 5.76 Å². The van der Waals surface area contributed by atoms with Crippen LogP contribution in [-0.4, -0.2) is 20.6 Å². The minimum atomic E-state index is -3.42. The third kappa shape index (κ3) is 4.90. The van der Waals surface area contributed by atoms with E-state index >= 15 is 0 Å². The molecule has 2 aromatic carbocycles. The number of benzene rings is 2. The molecule has 0 spiro atoms. The van der Waals surface area contributed by atoms with Crippen molar-refractivity contribution in [3.05, 3.63) is 77.0 Å². The lowest BCUT2D eigenvalue weighted by molar-refractivity contribution is 0.0924. The standard InChI is InChI=1S/C19H17ClN2O4S/c1-27(24,25)22-16-9-5-2-6-13(16)12-21-19(23)18-11-10-17(26-18)14-7-3-4-8-15(14)20/h2-11,22H,12H2,1H3,(H,21,23). The van der Waals surface area contributed by atoms with E-state index in [0.29, 0.717) is 27.6 Å². The summed E-state index contributed by atoms with van der Waals surface area (Å²) in [6, 6.07) is 17.2. The largest absolute Gasteiger partial charge is 0.451 e. The van der Waals surface area contributed by atoms with Gasteiger partial charge in [-0.2, -0.15) is 0 Å². The Balaban J connectivity index is 1.72. The van der Waals surface area contributed by atoms with Crippen LogP contribution in [0.3, 0.4) is 0 Å². The molecule has 1 aromatic heterocycles. The minimum Gasteiger partial charge on any atom is -0.451 e. The quantitative estimate of drug-likeness (QED) is 0.652. The molecule has 1 heterocycles. The van der Waals surface area contributed by atoms with Crippen LogP contribution in [0.5, 0.6) is 0 Å². The molecule has 8 heteroatoms. The lowest BCUT2D eigenvalue weighted by atomic mass is 10.2. The lowest BCUT2D eigenvalue weighted by Gasteiger charge is -2.11. The number of anilines is 1. The smallest absolute Gasteiger partial charge is 0.287 e. The van der Waals surface area contributed by atoms with E-state index in [2.05, 4.69) is 10.0 Å².